The van der Waals surface area contributed by atoms with Crippen molar-refractivity contribution in [3.8, 4) is 11.5 Å². The molecule has 0 bridgehead atoms. The molecule has 1 aromatic carbocycles. The van der Waals surface area contributed by atoms with Gasteiger partial charge in [-0.2, -0.15) is 0 Å². The summed E-state index contributed by atoms with van der Waals surface area (Å²) in [5.41, 5.74) is 1.64. The Labute approximate surface area is 82.6 Å². The molecule has 3 nitrogen and oxygen atoms in total. The van der Waals surface area contributed by atoms with Gasteiger partial charge in [-0.3, -0.25) is 4.79 Å². The van der Waals surface area contributed by atoms with Crippen molar-refractivity contribution in [1.82, 2.24) is 0 Å². The predicted molar refractivity (Wildman–Crippen MR) is 52.2 cm³/mol. The number of methoxy groups -OCH3 is 1. The van der Waals surface area contributed by atoms with Gasteiger partial charge in [0.15, 0.2) is 17.6 Å². The third-order valence-electron chi connectivity index (χ3n) is 2.35. The third kappa shape index (κ3) is 1.16. The Morgan fingerprint density at radius 1 is 1.43 bits per heavy atom. The molecule has 0 aromatic heterocycles. The highest BCUT2D eigenvalue weighted by molar-refractivity contribution is 6.05. The average molecular weight is 192 g/mol. The third-order valence-corrected chi connectivity index (χ3v) is 2.35. The van der Waals surface area contributed by atoms with Crippen LogP contribution in [0, 0.1) is 6.92 Å². The molecule has 14 heavy (non-hydrogen) atoms. The quantitative estimate of drug-likeness (QED) is 0.682. The van der Waals surface area contributed by atoms with Crippen LogP contribution in [0.15, 0.2) is 12.1 Å². The fraction of sp³-hybridized carbons (Fsp3) is 0.364. The Bertz CT molecular complexity index is 396. The van der Waals surface area contributed by atoms with Crippen molar-refractivity contribution in [2.24, 2.45) is 0 Å². The van der Waals surface area contributed by atoms with Crippen LogP contribution < -0.4 is 9.47 Å². The molecule has 1 atom stereocenters. The van der Waals surface area contributed by atoms with Gasteiger partial charge in [-0.05, 0) is 31.5 Å². The summed E-state index contributed by atoms with van der Waals surface area (Å²) in [5, 5.41) is 0. The minimum absolute atomic E-state index is 0.0296. The number of rotatable bonds is 1. The first-order valence-corrected chi connectivity index (χ1v) is 4.53. The molecule has 0 aliphatic carbocycles. The monoisotopic (exact) mass is 192 g/mol. The Balaban J connectivity index is 2.61. The number of aryl methyl sites for hydroxylation is 1. The van der Waals surface area contributed by atoms with E-state index in [1.165, 1.54) is 0 Å². The lowest BCUT2D eigenvalue weighted by atomic mass is 10.1. The summed E-state index contributed by atoms with van der Waals surface area (Å²) in [7, 11) is 1.58. The molecule has 1 aromatic rings. The highest BCUT2D eigenvalue weighted by Gasteiger charge is 2.31. The molecule has 0 saturated heterocycles. The summed E-state index contributed by atoms with van der Waals surface area (Å²) in [6, 6.07) is 3.70. The zero-order valence-corrected chi connectivity index (χ0v) is 8.46. The molecule has 1 aliphatic heterocycles. The van der Waals surface area contributed by atoms with Crippen LogP contribution in [0.5, 0.6) is 11.5 Å². The maximum atomic E-state index is 11.6. The van der Waals surface area contributed by atoms with E-state index in [9.17, 15) is 4.79 Å². The normalized spacial score (nSPS) is 19.1. The number of ether oxygens (including phenoxy) is 2. The smallest absolute Gasteiger partial charge is 0.206 e. The zero-order chi connectivity index (χ0) is 10.3. The van der Waals surface area contributed by atoms with E-state index in [2.05, 4.69) is 0 Å². The molecule has 3 heteroatoms. The molecule has 1 heterocycles. The van der Waals surface area contributed by atoms with Gasteiger partial charge in [-0.15, -0.1) is 0 Å². The SMILES string of the molecule is COc1cc(C)cc2c1OC(C)C2=O. The van der Waals surface area contributed by atoms with Gasteiger partial charge in [0.05, 0.1) is 12.7 Å². The predicted octanol–water partition coefficient (Wildman–Crippen LogP) is 1.97. The van der Waals surface area contributed by atoms with Crippen LogP contribution in [0.2, 0.25) is 0 Å². The van der Waals surface area contributed by atoms with Crippen LogP contribution in [-0.2, 0) is 0 Å². The first-order chi connectivity index (χ1) is 6.63. The Hall–Kier alpha value is -1.51. The summed E-state index contributed by atoms with van der Waals surface area (Å²) >= 11 is 0. The number of carbonyl (C=O) groups is 1. The van der Waals surface area contributed by atoms with E-state index in [-0.39, 0.29) is 11.9 Å². The summed E-state index contributed by atoms with van der Waals surface area (Å²) in [4.78, 5) is 11.6. The maximum absolute atomic E-state index is 11.6. The van der Waals surface area contributed by atoms with E-state index in [1.54, 1.807) is 14.0 Å². The van der Waals surface area contributed by atoms with Crippen molar-refractivity contribution < 1.29 is 14.3 Å². The van der Waals surface area contributed by atoms with Gasteiger partial charge in [-0.1, -0.05) is 0 Å². The number of carbonyl (C=O) groups excluding carboxylic acids is 1. The first kappa shape index (κ1) is 9.06. The van der Waals surface area contributed by atoms with Crippen LogP contribution in [0.3, 0.4) is 0 Å². The Kier molecular flexibility index (Phi) is 1.95. The summed E-state index contributed by atoms with van der Waals surface area (Å²) in [6.45, 7) is 3.68. The zero-order valence-electron chi connectivity index (χ0n) is 8.46. The molecule has 0 N–H and O–H groups in total. The van der Waals surface area contributed by atoms with E-state index in [1.807, 2.05) is 19.1 Å². The van der Waals surface area contributed by atoms with Crippen LogP contribution >= 0.6 is 0 Å². The molecule has 2 rings (SSSR count). The largest absolute Gasteiger partial charge is 0.493 e. The number of fused-ring (bicyclic) bond motifs is 1. The number of benzene rings is 1. The molecule has 0 radical (unpaired) electrons. The van der Waals surface area contributed by atoms with Crippen molar-refractivity contribution in [3.63, 3.8) is 0 Å². The Morgan fingerprint density at radius 3 is 2.79 bits per heavy atom. The fourth-order valence-electron chi connectivity index (χ4n) is 1.65. The van der Waals surface area contributed by atoms with E-state index >= 15 is 0 Å². The number of hydrogen-bond donors (Lipinski definition) is 0. The van der Waals surface area contributed by atoms with Crippen molar-refractivity contribution in [1.29, 1.82) is 0 Å². The molecule has 0 spiro atoms. The van der Waals surface area contributed by atoms with E-state index in [4.69, 9.17) is 9.47 Å². The first-order valence-electron chi connectivity index (χ1n) is 4.53. The standard InChI is InChI=1S/C11H12O3/c1-6-4-8-10(12)7(2)14-11(8)9(5-6)13-3/h4-5,7H,1-3H3. The number of ketones is 1. The van der Waals surface area contributed by atoms with Crippen LogP contribution in [0.25, 0.3) is 0 Å². The molecule has 1 aliphatic rings. The Morgan fingerprint density at radius 2 is 2.14 bits per heavy atom. The molecule has 74 valence electrons. The van der Waals surface area contributed by atoms with Crippen LogP contribution in [-0.4, -0.2) is 19.0 Å². The van der Waals surface area contributed by atoms with Crippen molar-refractivity contribution in [2.75, 3.05) is 7.11 Å². The summed E-state index contributed by atoms with van der Waals surface area (Å²) < 4.78 is 10.6. The molecule has 0 fully saturated rings. The van der Waals surface area contributed by atoms with E-state index in [0.717, 1.165) is 5.56 Å². The lowest BCUT2D eigenvalue weighted by molar-refractivity contribution is 0.0877. The molecule has 0 amide bonds. The van der Waals surface area contributed by atoms with Crippen molar-refractivity contribution >= 4 is 5.78 Å². The molecule has 1 unspecified atom stereocenters. The minimum atomic E-state index is -0.388. The lowest BCUT2D eigenvalue weighted by Gasteiger charge is -2.07. The molecular weight excluding hydrogens is 180 g/mol. The van der Waals surface area contributed by atoms with Gasteiger partial charge in [0.25, 0.3) is 0 Å². The molecule has 0 saturated carbocycles. The number of hydrogen-bond acceptors (Lipinski definition) is 3. The highest BCUT2D eigenvalue weighted by Crippen LogP contribution is 2.38. The second-order valence-electron chi connectivity index (χ2n) is 3.47. The highest BCUT2D eigenvalue weighted by atomic mass is 16.5. The van der Waals surface area contributed by atoms with E-state index < -0.39 is 0 Å². The average Bonchev–Trinajstić information content (AvgIpc) is 2.43. The lowest BCUT2D eigenvalue weighted by Crippen LogP contribution is -2.14. The minimum Gasteiger partial charge on any atom is -0.493 e. The summed E-state index contributed by atoms with van der Waals surface area (Å²) in [5.74, 6) is 1.25. The van der Waals surface area contributed by atoms with Crippen LogP contribution in [0.4, 0.5) is 0 Å². The second kappa shape index (κ2) is 3.01. The van der Waals surface area contributed by atoms with E-state index in [0.29, 0.717) is 17.1 Å². The van der Waals surface area contributed by atoms with Gasteiger partial charge in [0.1, 0.15) is 0 Å². The van der Waals surface area contributed by atoms with Crippen LogP contribution in [0.1, 0.15) is 22.8 Å². The summed E-state index contributed by atoms with van der Waals surface area (Å²) in [6.07, 6.45) is -0.388. The molecular formula is C11H12O3. The number of Topliss-reactive ketones (excluding diaryl/α,β-unsaturated/α-hetero) is 1. The second-order valence-corrected chi connectivity index (χ2v) is 3.47. The van der Waals surface area contributed by atoms with Gasteiger partial charge < -0.3 is 9.47 Å². The van der Waals surface area contributed by atoms with Crippen molar-refractivity contribution in [2.45, 2.75) is 20.0 Å². The van der Waals surface area contributed by atoms with Gasteiger partial charge in [-0.25, -0.2) is 0 Å². The maximum Gasteiger partial charge on any atom is 0.206 e. The van der Waals surface area contributed by atoms with Gasteiger partial charge in [0.2, 0.25) is 5.78 Å². The van der Waals surface area contributed by atoms with Crippen molar-refractivity contribution in [3.05, 3.63) is 23.3 Å². The van der Waals surface area contributed by atoms with Gasteiger partial charge in [0, 0.05) is 0 Å². The van der Waals surface area contributed by atoms with Gasteiger partial charge >= 0.3 is 0 Å². The topological polar surface area (TPSA) is 35.5 Å². The fourth-order valence-corrected chi connectivity index (χ4v) is 1.65.